The minimum Gasteiger partial charge on any atom is -0.270 e. The molecular formula is C11H16BrN5OS. The number of aromatic amines is 1. The standard InChI is InChI=1S/C11H16BrN5OS/c1-6(2)17-10(18)13-14-11(17)19-5-8-9(12)7(3)15-16(8)4/h6H,5H2,1-4H3,(H,13,18). The molecule has 0 saturated heterocycles. The predicted molar refractivity (Wildman–Crippen MR) is 78.4 cm³/mol. The highest BCUT2D eigenvalue weighted by atomic mass is 79.9. The van der Waals surface area contributed by atoms with Gasteiger partial charge in [0, 0.05) is 18.8 Å². The van der Waals surface area contributed by atoms with Crippen molar-refractivity contribution in [1.82, 2.24) is 24.5 Å². The second-order valence-electron chi connectivity index (χ2n) is 4.53. The van der Waals surface area contributed by atoms with Gasteiger partial charge in [0.15, 0.2) is 5.16 Å². The number of H-pyrrole nitrogens is 1. The van der Waals surface area contributed by atoms with Crippen LogP contribution < -0.4 is 5.69 Å². The van der Waals surface area contributed by atoms with Crippen molar-refractivity contribution < 1.29 is 0 Å². The van der Waals surface area contributed by atoms with Gasteiger partial charge < -0.3 is 0 Å². The molecule has 0 aliphatic heterocycles. The molecule has 2 aromatic rings. The molecule has 0 spiro atoms. The molecule has 0 aliphatic rings. The summed E-state index contributed by atoms with van der Waals surface area (Å²) < 4.78 is 4.51. The van der Waals surface area contributed by atoms with E-state index in [2.05, 4.69) is 31.2 Å². The third-order valence-electron chi connectivity index (χ3n) is 2.79. The van der Waals surface area contributed by atoms with E-state index in [4.69, 9.17) is 0 Å². The Morgan fingerprint density at radius 1 is 1.47 bits per heavy atom. The summed E-state index contributed by atoms with van der Waals surface area (Å²) in [4.78, 5) is 11.6. The molecule has 6 nitrogen and oxygen atoms in total. The maximum absolute atomic E-state index is 11.6. The summed E-state index contributed by atoms with van der Waals surface area (Å²) in [6, 6.07) is 0.0884. The van der Waals surface area contributed by atoms with Crippen molar-refractivity contribution >= 4 is 27.7 Å². The average Bonchev–Trinajstić information content (AvgIpc) is 2.80. The first-order valence-electron chi connectivity index (χ1n) is 5.89. The van der Waals surface area contributed by atoms with Crippen molar-refractivity contribution in [2.45, 2.75) is 37.7 Å². The molecule has 1 N–H and O–H groups in total. The van der Waals surface area contributed by atoms with Crippen molar-refractivity contribution in [3.8, 4) is 0 Å². The lowest BCUT2D eigenvalue weighted by atomic mass is 10.4. The fourth-order valence-corrected chi connectivity index (χ4v) is 3.62. The zero-order chi connectivity index (χ0) is 14.2. The van der Waals surface area contributed by atoms with E-state index in [0.717, 1.165) is 15.9 Å². The molecule has 0 amide bonds. The first kappa shape index (κ1) is 14.4. The highest BCUT2D eigenvalue weighted by molar-refractivity contribution is 9.10. The molecule has 104 valence electrons. The topological polar surface area (TPSA) is 68.5 Å². The van der Waals surface area contributed by atoms with E-state index < -0.39 is 0 Å². The van der Waals surface area contributed by atoms with Gasteiger partial charge in [0.1, 0.15) is 0 Å². The normalized spacial score (nSPS) is 11.5. The third kappa shape index (κ3) is 2.79. The Morgan fingerprint density at radius 2 is 2.16 bits per heavy atom. The lowest BCUT2D eigenvalue weighted by Crippen LogP contribution is -2.19. The Balaban J connectivity index is 2.22. The third-order valence-corrected chi connectivity index (χ3v) is 4.78. The Hall–Kier alpha value is -1.02. The number of nitrogens with zero attached hydrogens (tertiary/aromatic N) is 4. The number of halogens is 1. The van der Waals surface area contributed by atoms with Gasteiger partial charge in [0.2, 0.25) is 0 Å². The summed E-state index contributed by atoms with van der Waals surface area (Å²) in [5.74, 6) is 0.703. The maximum atomic E-state index is 11.6. The van der Waals surface area contributed by atoms with Crippen LogP contribution in [0.1, 0.15) is 31.3 Å². The van der Waals surface area contributed by atoms with Gasteiger partial charge in [-0.05, 0) is 36.7 Å². The molecule has 0 radical (unpaired) electrons. The molecule has 2 aromatic heterocycles. The van der Waals surface area contributed by atoms with Crippen LogP contribution in [0.2, 0.25) is 0 Å². The minimum atomic E-state index is -0.169. The van der Waals surface area contributed by atoms with Crippen molar-refractivity contribution in [2.75, 3.05) is 0 Å². The molecule has 0 saturated carbocycles. The minimum absolute atomic E-state index is 0.0884. The van der Waals surface area contributed by atoms with Gasteiger partial charge in [-0.15, -0.1) is 5.10 Å². The zero-order valence-electron chi connectivity index (χ0n) is 11.3. The van der Waals surface area contributed by atoms with Crippen LogP contribution in [0.4, 0.5) is 0 Å². The molecular weight excluding hydrogens is 330 g/mol. The average molecular weight is 346 g/mol. The quantitative estimate of drug-likeness (QED) is 0.863. The smallest absolute Gasteiger partial charge is 0.270 e. The summed E-state index contributed by atoms with van der Waals surface area (Å²) in [6.45, 7) is 5.88. The molecule has 2 rings (SSSR count). The van der Waals surface area contributed by atoms with Crippen LogP contribution in [0.15, 0.2) is 14.4 Å². The van der Waals surface area contributed by atoms with Crippen LogP contribution in [0.3, 0.4) is 0 Å². The monoisotopic (exact) mass is 345 g/mol. The van der Waals surface area contributed by atoms with Crippen LogP contribution in [0, 0.1) is 6.92 Å². The second kappa shape index (κ2) is 5.54. The van der Waals surface area contributed by atoms with Crippen LogP contribution in [-0.4, -0.2) is 24.5 Å². The van der Waals surface area contributed by atoms with Crippen LogP contribution in [-0.2, 0) is 12.8 Å². The number of thioether (sulfide) groups is 1. The molecule has 0 aromatic carbocycles. The molecule has 0 aliphatic carbocycles. The summed E-state index contributed by atoms with van der Waals surface area (Å²) in [5, 5.41) is 11.6. The van der Waals surface area contributed by atoms with E-state index in [1.165, 1.54) is 11.8 Å². The van der Waals surface area contributed by atoms with Gasteiger partial charge >= 0.3 is 5.69 Å². The lowest BCUT2D eigenvalue weighted by molar-refractivity contribution is 0.534. The number of rotatable bonds is 4. The van der Waals surface area contributed by atoms with Gasteiger partial charge in [-0.1, -0.05) is 11.8 Å². The number of hydrogen-bond donors (Lipinski definition) is 1. The van der Waals surface area contributed by atoms with Crippen molar-refractivity contribution in [2.24, 2.45) is 7.05 Å². The number of hydrogen-bond acceptors (Lipinski definition) is 4. The van der Waals surface area contributed by atoms with E-state index in [1.54, 1.807) is 4.57 Å². The van der Waals surface area contributed by atoms with Crippen molar-refractivity contribution in [3.63, 3.8) is 0 Å². The summed E-state index contributed by atoms with van der Waals surface area (Å²) in [6.07, 6.45) is 0. The van der Waals surface area contributed by atoms with Gasteiger partial charge in [0.05, 0.1) is 15.9 Å². The van der Waals surface area contributed by atoms with Crippen LogP contribution >= 0.6 is 27.7 Å². The number of aryl methyl sites for hydroxylation is 2. The van der Waals surface area contributed by atoms with E-state index in [0.29, 0.717) is 10.9 Å². The van der Waals surface area contributed by atoms with E-state index in [1.807, 2.05) is 32.5 Å². The van der Waals surface area contributed by atoms with Gasteiger partial charge in [-0.25, -0.2) is 9.89 Å². The first-order valence-corrected chi connectivity index (χ1v) is 7.67. The Morgan fingerprint density at radius 3 is 2.68 bits per heavy atom. The molecule has 0 fully saturated rings. The fraction of sp³-hybridized carbons (Fsp3) is 0.545. The maximum Gasteiger partial charge on any atom is 0.344 e. The van der Waals surface area contributed by atoms with Crippen LogP contribution in [0.25, 0.3) is 0 Å². The Labute approximate surface area is 123 Å². The summed E-state index contributed by atoms with van der Waals surface area (Å²) >= 11 is 5.05. The molecule has 0 unspecified atom stereocenters. The van der Waals surface area contributed by atoms with Crippen LogP contribution in [0.5, 0.6) is 0 Å². The molecule has 0 bridgehead atoms. The largest absolute Gasteiger partial charge is 0.344 e. The second-order valence-corrected chi connectivity index (χ2v) is 6.27. The molecule has 19 heavy (non-hydrogen) atoms. The molecule has 8 heteroatoms. The summed E-state index contributed by atoms with van der Waals surface area (Å²) in [7, 11) is 1.91. The van der Waals surface area contributed by atoms with Gasteiger partial charge in [-0.3, -0.25) is 9.25 Å². The van der Waals surface area contributed by atoms with E-state index in [9.17, 15) is 4.79 Å². The fourth-order valence-electron chi connectivity index (χ4n) is 1.82. The van der Waals surface area contributed by atoms with E-state index in [-0.39, 0.29) is 11.7 Å². The SMILES string of the molecule is Cc1nn(C)c(CSc2n[nH]c(=O)n2C(C)C)c1Br. The van der Waals surface area contributed by atoms with Gasteiger partial charge in [0.25, 0.3) is 0 Å². The van der Waals surface area contributed by atoms with Crippen molar-refractivity contribution in [1.29, 1.82) is 0 Å². The summed E-state index contributed by atoms with van der Waals surface area (Å²) in [5.41, 5.74) is 1.87. The highest BCUT2D eigenvalue weighted by Crippen LogP contribution is 2.27. The number of aromatic nitrogens is 5. The van der Waals surface area contributed by atoms with E-state index >= 15 is 0 Å². The first-order chi connectivity index (χ1) is 8.91. The highest BCUT2D eigenvalue weighted by Gasteiger charge is 2.15. The Bertz CT molecular complexity index is 642. The molecule has 2 heterocycles. The van der Waals surface area contributed by atoms with Crippen molar-refractivity contribution in [3.05, 3.63) is 26.3 Å². The molecule has 0 atom stereocenters. The zero-order valence-corrected chi connectivity index (χ0v) is 13.7. The lowest BCUT2D eigenvalue weighted by Gasteiger charge is -2.08. The Kier molecular flexibility index (Phi) is 4.19. The number of nitrogens with one attached hydrogen (secondary N) is 1. The predicted octanol–water partition coefficient (Wildman–Crippen LogP) is 2.25. The van der Waals surface area contributed by atoms with Gasteiger partial charge in [-0.2, -0.15) is 5.10 Å².